The average molecular weight is 314 g/mol. The topological polar surface area (TPSA) is 76.1 Å². The van der Waals surface area contributed by atoms with Crippen molar-refractivity contribution in [2.45, 2.75) is 33.2 Å². The van der Waals surface area contributed by atoms with Crippen LogP contribution in [-0.2, 0) is 4.74 Å². The summed E-state index contributed by atoms with van der Waals surface area (Å²) in [6.07, 6.45) is 1.69. The third-order valence-corrected chi connectivity index (χ3v) is 2.81. The molecule has 2 aromatic rings. The van der Waals surface area contributed by atoms with Crippen molar-refractivity contribution in [1.29, 1.82) is 0 Å². The summed E-state index contributed by atoms with van der Waals surface area (Å²) in [5.41, 5.74) is 1.24. The van der Waals surface area contributed by atoms with Crippen molar-refractivity contribution in [2.75, 3.05) is 17.2 Å². The summed E-state index contributed by atoms with van der Waals surface area (Å²) in [4.78, 5) is 20.2. The zero-order chi connectivity index (χ0) is 16.9. The van der Waals surface area contributed by atoms with Gasteiger partial charge in [-0.25, -0.2) is 9.78 Å². The molecule has 1 aromatic carbocycles. The molecule has 0 unspecified atom stereocenters. The summed E-state index contributed by atoms with van der Waals surface area (Å²) >= 11 is 0. The number of esters is 1. The van der Waals surface area contributed by atoms with Crippen LogP contribution in [0.2, 0.25) is 0 Å². The molecule has 0 atom stereocenters. The second-order valence-electron chi connectivity index (χ2n) is 6.06. The summed E-state index contributed by atoms with van der Waals surface area (Å²) < 4.78 is 4.96. The monoisotopic (exact) mass is 314 g/mol. The first-order valence-corrected chi connectivity index (χ1v) is 7.53. The predicted molar refractivity (Wildman–Crippen MR) is 91.1 cm³/mol. The molecule has 2 rings (SSSR count). The summed E-state index contributed by atoms with van der Waals surface area (Å²) in [5.74, 6) is 0.916. The van der Waals surface area contributed by atoms with Crippen LogP contribution in [0.15, 0.2) is 36.5 Å². The molecule has 6 nitrogen and oxygen atoms in total. The quantitative estimate of drug-likeness (QED) is 0.821. The minimum atomic E-state index is -0.322. The molecule has 1 heterocycles. The molecular formula is C17H22N4O2. The standard InChI is InChI=1S/C17H22N4O2/c1-5-23-15(22)12-6-8-13(9-7-12)19-14-10-11-18-16(20-14)21-17(2,3)4/h6-11H,5H2,1-4H3,(H2,18,19,20,21). The Morgan fingerprint density at radius 3 is 2.48 bits per heavy atom. The SMILES string of the molecule is CCOC(=O)c1ccc(Nc2ccnc(NC(C)(C)C)n2)cc1. The Morgan fingerprint density at radius 1 is 1.17 bits per heavy atom. The fourth-order valence-electron chi connectivity index (χ4n) is 1.88. The van der Waals surface area contributed by atoms with Crippen LogP contribution >= 0.6 is 0 Å². The zero-order valence-electron chi connectivity index (χ0n) is 13.9. The molecule has 0 spiro atoms. The Kier molecular flexibility index (Phi) is 5.16. The van der Waals surface area contributed by atoms with Crippen LogP contribution in [0.3, 0.4) is 0 Å². The van der Waals surface area contributed by atoms with Crippen LogP contribution in [0.1, 0.15) is 38.1 Å². The maximum Gasteiger partial charge on any atom is 0.338 e. The number of carbonyl (C=O) groups is 1. The van der Waals surface area contributed by atoms with Gasteiger partial charge in [-0.1, -0.05) is 0 Å². The predicted octanol–water partition coefficient (Wildman–Crippen LogP) is 3.61. The van der Waals surface area contributed by atoms with E-state index < -0.39 is 0 Å². The Bertz CT molecular complexity index is 663. The first-order valence-electron chi connectivity index (χ1n) is 7.53. The van der Waals surface area contributed by atoms with Crippen molar-refractivity contribution in [1.82, 2.24) is 9.97 Å². The van der Waals surface area contributed by atoms with Crippen molar-refractivity contribution >= 4 is 23.4 Å². The van der Waals surface area contributed by atoms with Gasteiger partial charge in [-0.15, -0.1) is 0 Å². The molecule has 0 aliphatic rings. The summed E-state index contributed by atoms with van der Waals surface area (Å²) in [5, 5.41) is 6.41. The van der Waals surface area contributed by atoms with Gasteiger partial charge in [-0.3, -0.25) is 0 Å². The van der Waals surface area contributed by atoms with Crippen molar-refractivity contribution in [3.05, 3.63) is 42.1 Å². The van der Waals surface area contributed by atoms with Crippen LogP contribution in [0.4, 0.5) is 17.5 Å². The highest BCUT2D eigenvalue weighted by molar-refractivity contribution is 5.89. The summed E-state index contributed by atoms with van der Waals surface area (Å²) in [7, 11) is 0. The Hall–Kier alpha value is -2.63. The van der Waals surface area contributed by atoms with E-state index in [4.69, 9.17) is 4.74 Å². The number of nitrogens with one attached hydrogen (secondary N) is 2. The van der Waals surface area contributed by atoms with E-state index in [0.29, 0.717) is 23.9 Å². The minimum absolute atomic E-state index is 0.111. The summed E-state index contributed by atoms with van der Waals surface area (Å²) in [6, 6.07) is 8.84. The number of nitrogens with zero attached hydrogens (tertiary/aromatic N) is 2. The normalized spacial score (nSPS) is 11.0. The molecular weight excluding hydrogens is 292 g/mol. The van der Waals surface area contributed by atoms with Gasteiger partial charge in [0, 0.05) is 17.4 Å². The van der Waals surface area contributed by atoms with Crippen LogP contribution in [0.5, 0.6) is 0 Å². The molecule has 0 aliphatic carbocycles. The molecule has 2 N–H and O–H groups in total. The van der Waals surface area contributed by atoms with Gasteiger partial charge in [-0.05, 0) is 58.0 Å². The number of benzene rings is 1. The van der Waals surface area contributed by atoms with E-state index in [1.807, 2.05) is 32.9 Å². The second kappa shape index (κ2) is 7.09. The fraction of sp³-hybridized carbons (Fsp3) is 0.353. The van der Waals surface area contributed by atoms with E-state index in [2.05, 4.69) is 20.6 Å². The maximum absolute atomic E-state index is 11.6. The van der Waals surface area contributed by atoms with Gasteiger partial charge >= 0.3 is 5.97 Å². The number of ether oxygens (including phenoxy) is 1. The van der Waals surface area contributed by atoms with E-state index in [9.17, 15) is 4.79 Å². The highest BCUT2D eigenvalue weighted by Crippen LogP contribution is 2.17. The molecule has 0 saturated carbocycles. The fourth-order valence-corrected chi connectivity index (χ4v) is 1.88. The minimum Gasteiger partial charge on any atom is -0.462 e. The smallest absolute Gasteiger partial charge is 0.338 e. The number of carbonyl (C=O) groups excluding carboxylic acids is 1. The molecule has 6 heteroatoms. The molecule has 0 radical (unpaired) electrons. The Labute approximate surface area is 136 Å². The lowest BCUT2D eigenvalue weighted by Gasteiger charge is -2.20. The number of anilines is 3. The van der Waals surface area contributed by atoms with Gasteiger partial charge < -0.3 is 15.4 Å². The van der Waals surface area contributed by atoms with E-state index in [-0.39, 0.29) is 11.5 Å². The first-order chi connectivity index (χ1) is 10.9. The first kappa shape index (κ1) is 16.7. The van der Waals surface area contributed by atoms with E-state index in [1.54, 1.807) is 31.3 Å². The van der Waals surface area contributed by atoms with Gasteiger partial charge in [0.15, 0.2) is 0 Å². The highest BCUT2D eigenvalue weighted by atomic mass is 16.5. The molecule has 0 aliphatic heterocycles. The number of hydrogen-bond acceptors (Lipinski definition) is 6. The third-order valence-electron chi connectivity index (χ3n) is 2.81. The lowest BCUT2D eigenvalue weighted by Crippen LogP contribution is -2.27. The molecule has 0 saturated heterocycles. The molecule has 23 heavy (non-hydrogen) atoms. The van der Waals surface area contributed by atoms with Crippen molar-refractivity contribution in [3.8, 4) is 0 Å². The van der Waals surface area contributed by atoms with Gasteiger partial charge in [0.2, 0.25) is 5.95 Å². The van der Waals surface area contributed by atoms with Gasteiger partial charge in [0.05, 0.1) is 12.2 Å². The zero-order valence-corrected chi connectivity index (χ0v) is 13.9. The second-order valence-corrected chi connectivity index (χ2v) is 6.06. The lowest BCUT2D eigenvalue weighted by atomic mass is 10.1. The van der Waals surface area contributed by atoms with Crippen LogP contribution in [-0.4, -0.2) is 28.1 Å². The van der Waals surface area contributed by atoms with Crippen molar-refractivity contribution < 1.29 is 9.53 Å². The van der Waals surface area contributed by atoms with Crippen LogP contribution in [0.25, 0.3) is 0 Å². The number of hydrogen-bond donors (Lipinski definition) is 2. The lowest BCUT2D eigenvalue weighted by molar-refractivity contribution is 0.0526. The van der Waals surface area contributed by atoms with Gasteiger partial charge in [0.25, 0.3) is 0 Å². The molecule has 1 aromatic heterocycles. The van der Waals surface area contributed by atoms with E-state index in [1.165, 1.54) is 0 Å². The van der Waals surface area contributed by atoms with Gasteiger partial charge in [0.1, 0.15) is 5.82 Å². The Balaban J connectivity index is 2.07. The van der Waals surface area contributed by atoms with E-state index in [0.717, 1.165) is 5.69 Å². The number of rotatable bonds is 5. The average Bonchev–Trinajstić information content (AvgIpc) is 2.47. The van der Waals surface area contributed by atoms with Crippen molar-refractivity contribution in [2.24, 2.45) is 0 Å². The largest absolute Gasteiger partial charge is 0.462 e. The summed E-state index contributed by atoms with van der Waals surface area (Å²) in [6.45, 7) is 8.29. The molecule has 0 fully saturated rings. The molecule has 122 valence electrons. The molecule has 0 bridgehead atoms. The number of aromatic nitrogens is 2. The van der Waals surface area contributed by atoms with Crippen LogP contribution in [0, 0.1) is 0 Å². The third kappa shape index (κ3) is 5.25. The van der Waals surface area contributed by atoms with Gasteiger partial charge in [-0.2, -0.15) is 4.98 Å². The molecule has 0 amide bonds. The van der Waals surface area contributed by atoms with Crippen molar-refractivity contribution in [3.63, 3.8) is 0 Å². The Morgan fingerprint density at radius 2 is 1.87 bits per heavy atom. The highest BCUT2D eigenvalue weighted by Gasteiger charge is 2.11. The van der Waals surface area contributed by atoms with Crippen LogP contribution < -0.4 is 10.6 Å². The van der Waals surface area contributed by atoms with E-state index >= 15 is 0 Å². The maximum atomic E-state index is 11.6.